The number of aromatic nitrogens is 2. The van der Waals surface area contributed by atoms with Crippen LogP contribution in [-0.4, -0.2) is 33.9 Å². The fourth-order valence-corrected chi connectivity index (χ4v) is 2.86. The number of benzene rings is 1. The van der Waals surface area contributed by atoms with E-state index >= 15 is 0 Å². The van der Waals surface area contributed by atoms with E-state index in [1.165, 1.54) is 5.56 Å². The first kappa shape index (κ1) is 14.9. The van der Waals surface area contributed by atoms with Gasteiger partial charge in [0, 0.05) is 18.0 Å². The number of carbonyl (C=O) groups excluding carboxylic acids is 1. The molecule has 0 aliphatic carbocycles. The van der Waals surface area contributed by atoms with Crippen molar-refractivity contribution in [3.05, 3.63) is 35.7 Å². The highest BCUT2D eigenvalue weighted by Gasteiger charge is 2.24. The largest absolute Gasteiger partial charge is 0.338 e. The van der Waals surface area contributed by atoms with Gasteiger partial charge in [0.25, 0.3) is 0 Å². The number of aryl methyl sites for hydroxylation is 1. The second-order valence-corrected chi connectivity index (χ2v) is 6.06. The van der Waals surface area contributed by atoms with Crippen molar-refractivity contribution in [2.24, 2.45) is 5.92 Å². The summed E-state index contributed by atoms with van der Waals surface area (Å²) in [5, 5.41) is 4.06. The summed E-state index contributed by atoms with van der Waals surface area (Å²) in [6.45, 7) is 6.11. The summed E-state index contributed by atoms with van der Waals surface area (Å²) in [6.07, 6.45) is 2.04. The molecule has 0 N–H and O–H groups in total. The lowest BCUT2D eigenvalue weighted by atomic mass is 9.95. The maximum atomic E-state index is 11.5. The molecule has 0 spiro atoms. The third kappa shape index (κ3) is 3.42. The maximum Gasteiger partial charge on any atom is 0.241 e. The van der Waals surface area contributed by atoms with Crippen molar-refractivity contribution in [3.63, 3.8) is 0 Å². The lowest BCUT2D eigenvalue weighted by molar-refractivity contribution is -0.122. The number of nitrogens with zero attached hydrogens (tertiary/aromatic N) is 3. The molecule has 2 aromatic rings. The van der Waals surface area contributed by atoms with Crippen LogP contribution in [0.2, 0.25) is 0 Å². The molecule has 0 saturated carbocycles. The van der Waals surface area contributed by atoms with Gasteiger partial charge in [-0.15, -0.1) is 0 Å². The molecule has 1 aliphatic heterocycles. The molecular formula is C17H21N3O2. The number of likely N-dealkylation sites (tertiary alicyclic amines) is 1. The Bertz CT molecular complexity index is 648. The molecule has 116 valence electrons. The van der Waals surface area contributed by atoms with Gasteiger partial charge in [0.05, 0.1) is 6.54 Å². The first-order valence-corrected chi connectivity index (χ1v) is 7.74. The summed E-state index contributed by atoms with van der Waals surface area (Å²) in [4.78, 5) is 18.2. The average Bonchev–Trinajstić information content (AvgIpc) is 2.96. The van der Waals surface area contributed by atoms with Crippen LogP contribution in [0.4, 0.5) is 0 Å². The first-order chi connectivity index (χ1) is 10.6. The summed E-state index contributed by atoms with van der Waals surface area (Å²) in [5.41, 5.74) is 2.16. The molecule has 5 nitrogen and oxygen atoms in total. The lowest BCUT2D eigenvalue weighted by Gasteiger charge is -2.30. The predicted molar refractivity (Wildman–Crippen MR) is 83.2 cm³/mol. The van der Waals surface area contributed by atoms with E-state index in [0.717, 1.165) is 31.5 Å². The molecule has 1 unspecified atom stereocenters. The van der Waals surface area contributed by atoms with Gasteiger partial charge in [0.2, 0.25) is 11.7 Å². The van der Waals surface area contributed by atoms with Gasteiger partial charge in [-0.3, -0.25) is 9.69 Å². The molecule has 2 heterocycles. The Morgan fingerprint density at radius 1 is 1.36 bits per heavy atom. The van der Waals surface area contributed by atoms with Crippen LogP contribution in [0.25, 0.3) is 11.4 Å². The van der Waals surface area contributed by atoms with Gasteiger partial charge in [-0.1, -0.05) is 35.0 Å². The van der Waals surface area contributed by atoms with Gasteiger partial charge in [-0.05, 0) is 33.2 Å². The van der Waals surface area contributed by atoms with Crippen LogP contribution >= 0.6 is 0 Å². The SMILES string of the molecule is CC(=O)C1CCCN(Cc2nc(-c3ccc(C)cc3)no2)C1. The minimum Gasteiger partial charge on any atom is -0.338 e. The number of rotatable bonds is 4. The molecule has 1 atom stereocenters. The number of Topliss-reactive ketones (excluding diaryl/α,β-unsaturated/α-hetero) is 1. The molecule has 1 saturated heterocycles. The Labute approximate surface area is 130 Å². The smallest absolute Gasteiger partial charge is 0.241 e. The fourth-order valence-electron chi connectivity index (χ4n) is 2.86. The van der Waals surface area contributed by atoms with E-state index in [9.17, 15) is 4.79 Å². The van der Waals surface area contributed by atoms with Gasteiger partial charge >= 0.3 is 0 Å². The zero-order valence-electron chi connectivity index (χ0n) is 13.1. The molecular weight excluding hydrogens is 278 g/mol. The quantitative estimate of drug-likeness (QED) is 0.869. The third-order valence-electron chi connectivity index (χ3n) is 4.22. The number of hydrogen-bond donors (Lipinski definition) is 0. The van der Waals surface area contributed by atoms with E-state index in [2.05, 4.69) is 15.0 Å². The molecule has 1 aromatic heterocycles. The van der Waals surface area contributed by atoms with Crippen molar-refractivity contribution in [2.75, 3.05) is 13.1 Å². The van der Waals surface area contributed by atoms with Gasteiger partial charge < -0.3 is 4.52 Å². The van der Waals surface area contributed by atoms with Crippen molar-refractivity contribution in [1.29, 1.82) is 0 Å². The minimum atomic E-state index is 0.147. The van der Waals surface area contributed by atoms with E-state index in [-0.39, 0.29) is 11.7 Å². The highest BCUT2D eigenvalue weighted by Crippen LogP contribution is 2.20. The van der Waals surface area contributed by atoms with Crippen LogP contribution in [0.15, 0.2) is 28.8 Å². The topological polar surface area (TPSA) is 59.2 Å². The molecule has 1 fully saturated rings. The Morgan fingerprint density at radius 2 is 2.14 bits per heavy atom. The molecule has 0 radical (unpaired) electrons. The lowest BCUT2D eigenvalue weighted by Crippen LogP contribution is -2.37. The summed E-state index contributed by atoms with van der Waals surface area (Å²) >= 11 is 0. The van der Waals surface area contributed by atoms with Crippen LogP contribution in [0, 0.1) is 12.8 Å². The average molecular weight is 299 g/mol. The van der Waals surface area contributed by atoms with Crippen molar-refractivity contribution in [2.45, 2.75) is 33.2 Å². The highest BCUT2D eigenvalue weighted by atomic mass is 16.5. The van der Waals surface area contributed by atoms with Gasteiger partial charge in [-0.2, -0.15) is 4.98 Å². The molecule has 5 heteroatoms. The first-order valence-electron chi connectivity index (χ1n) is 7.74. The zero-order valence-corrected chi connectivity index (χ0v) is 13.1. The number of piperidine rings is 1. The number of ketones is 1. The van der Waals surface area contributed by atoms with Crippen LogP contribution < -0.4 is 0 Å². The second kappa shape index (κ2) is 6.40. The predicted octanol–water partition coefficient (Wildman–Crippen LogP) is 2.85. The zero-order chi connectivity index (χ0) is 15.5. The van der Waals surface area contributed by atoms with E-state index in [0.29, 0.717) is 18.3 Å². The van der Waals surface area contributed by atoms with Crippen LogP contribution in [0.3, 0.4) is 0 Å². The number of hydrogen-bond acceptors (Lipinski definition) is 5. The molecule has 1 aromatic carbocycles. The molecule has 3 rings (SSSR count). The molecule has 0 amide bonds. The molecule has 22 heavy (non-hydrogen) atoms. The van der Waals surface area contributed by atoms with Crippen LogP contribution in [-0.2, 0) is 11.3 Å². The van der Waals surface area contributed by atoms with E-state index in [1.807, 2.05) is 31.2 Å². The van der Waals surface area contributed by atoms with Gasteiger partial charge in [0.15, 0.2) is 0 Å². The Balaban J connectivity index is 1.66. The summed E-state index contributed by atoms with van der Waals surface area (Å²) in [7, 11) is 0. The summed E-state index contributed by atoms with van der Waals surface area (Å²) in [5.74, 6) is 1.65. The monoisotopic (exact) mass is 299 g/mol. The Hall–Kier alpha value is -2.01. The van der Waals surface area contributed by atoms with Crippen molar-refractivity contribution >= 4 is 5.78 Å². The fraction of sp³-hybridized carbons (Fsp3) is 0.471. The molecule has 1 aliphatic rings. The Kier molecular flexibility index (Phi) is 4.34. The number of carbonyl (C=O) groups is 1. The summed E-state index contributed by atoms with van der Waals surface area (Å²) < 4.78 is 5.36. The van der Waals surface area contributed by atoms with Crippen molar-refractivity contribution < 1.29 is 9.32 Å². The maximum absolute atomic E-state index is 11.5. The van der Waals surface area contributed by atoms with E-state index in [1.54, 1.807) is 6.92 Å². The standard InChI is InChI=1S/C17H21N3O2/c1-12-5-7-14(8-6-12)17-18-16(22-19-17)11-20-9-3-4-15(10-20)13(2)21/h5-8,15H,3-4,9-11H2,1-2H3. The molecule has 0 bridgehead atoms. The van der Waals surface area contributed by atoms with E-state index < -0.39 is 0 Å². The van der Waals surface area contributed by atoms with Crippen LogP contribution in [0.1, 0.15) is 31.2 Å². The normalized spacial score (nSPS) is 19.3. The Morgan fingerprint density at radius 3 is 2.86 bits per heavy atom. The minimum absolute atomic E-state index is 0.147. The van der Waals surface area contributed by atoms with E-state index in [4.69, 9.17) is 4.52 Å². The second-order valence-electron chi connectivity index (χ2n) is 6.06. The highest BCUT2D eigenvalue weighted by molar-refractivity contribution is 5.78. The van der Waals surface area contributed by atoms with Crippen molar-refractivity contribution in [3.8, 4) is 11.4 Å². The van der Waals surface area contributed by atoms with Gasteiger partial charge in [-0.25, -0.2) is 0 Å². The van der Waals surface area contributed by atoms with Gasteiger partial charge in [0.1, 0.15) is 5.78 Å². The summed E-state index contributed by atoms with van der Waals surface area (Å²) in [6, 6.07) is 8.06. The third-order valence-corrected chi connectivity index (χ3v) is 4.22. The van der Waals surface area contributed by atoms with Crippen LogP contribution in [0.5, 0.6) is 0 Å². The van der Waals surface area contributed by atoms with Crippen molar-refractivity contribution in [1.82, 2.24) is 15.0 Å².